The highest BCUT2D eigenvalue weighted by Gasteiger charge is 2.28. The summed E-state index contributed by atoms with van der Waals surface area (Å²) in [4.78, 5) is 0. The van der Waals surface area contributed by atoms with Crippen LogP contribution in [-0.2, 0) is 0 Å². The zero-order chi connectivity index (χ0) is 14.7. The van der Waals surface area contributed by atoms with Gasteiger partial charge in [0.05, 0.1) is 0 Å². The Morgan fingerprint density at radius 3 is 2.95 bits per heavy atom. The van der Waals surface area contributed by atoms with Gasteiger partial charge in [-0.2, -0.15) is 0 Å². The number of halogens is 1. The first-order chi connectivity index (χ1) is 10.3. The molecule has 2 aromatic rings. The van der Waals surface area contributed by atoms with Crippen LogP contribution in [0.15, 0.2) is 28.7 Å². The van der Waals surface area contributed by atoms with E-state index < -0.39 is 0 Å². The van der Waals surface area contributed by atoms with Gasteiger partial charge in [-0.25, -0.2) is 0 Å². The Labute approximate surface area is 131 Å². The molecule has 0 radical (unpaired) electrons. The highest BCUT2D eigenvalue weighted by Crippen LogP contribution is 2.39. The molecule has 1 fully saturated rings. The fourth-order valence-corrected chi connectivity index (χ4v) is 3.69. The molecule has 3 rings (SSSR count). The van der Waals surface area contributed by atoms with Crippen LogP contribution in [0.4, 0.5) is 0 Å². The van der Waals surface area contributed by atoms with Crippen LogP contribution < -0.4 is 5.32 Å². The van der Waals surface area contributed by atoms with Crippen LogP contribution in [0, 0.1) is 5.92 Å². The third-order valence-electron chi connectivity index (χ3n) is 4.61. The topological polar surface area (TPSA) is 25.2 Å². The van der Waals surface area contributed by atoms with Gasteiger partial charge < -0.3 is 9.73 Å². The maximum Gasteiger partial charge on any atom is 0.134 e. The van der Waals surface area contributed by atoms with Gasteiger partial charge in [0.2, 0.25) is 0 Å². The average Bonchev–Trinajstić information content (AvgIpc) is 2.91. The summed E-state index contributed by atoms with van der Waals surface area (Å²) >= 11 is 6.08. The van der Waals surface area contributed by atoms with Gasteiger partial charge in [0.15, 0.2) is 0 Å². The number of hydrogen-bond acceptors (Lipinski definition) is 2. The second kappa shape index (κ2) is 6.85. The summed E-state index contributed by atoms with van der Waals surface area (Å²) in [6.45, 7) is 4.43. The Morgan fingerprint density at radius 1 is 1.24 bits per heavy atom. The van der Waals surface area contributed by atoms with Crippen molar-refractivity contribution in [2.24, 2.45) is 5.92 Å². The molecule has 2 unspecified atom stereocenters. The van der Waals surface area contributed by atoms with E-state index in [2.05, 4.69) is 18.3 Å². The Hall–Kier alpha value is -0.990. The van der Waals surface area contributed by atoms with Crippen LogP contribution in [0.5, 0.6) is 0 Å². The lowest BCUT2D eigenvalue weighted by molar-refractivity contribution is 0.268. The molecule has 1 aromatic carbocycles. The standard InChI is InChI=1S/C18H24ClNO/c1-2-9-20-12-13-5-3-4-6-16(13)18-11-14-10-15(19)7-8-17(14)21-18/h7-8,10-11,13,16,20H,2-6,9,12H2,1H3. The van der Waals surface area contributed by atoms with Crippen LogP contribution >= 0.6 is 11.6 Å². The fourth-order valence-electron chi connectivity index (χ4n) is 3.51. The minimum atomic E-state index is 0.550. The van der Waals surface area contributed by atoms with Crippen molar-refractivity contribution in [3.63, 3.8) is 0 Å². The molecule has 0 bridgehead atoms. The van der Waals surface area contributed by atoms with Crippen molar-refractivity contribution < 1.29 is 4.42 Å². The first kappa shape index (κ1) is 14.9. The van der Waals surface area contributed by atoms with Crippen molar-refractivity contribution in [3.8, 4) is 0 Å². The fraction of sp³-hybridized carbons (Fsp3) is 0.556. The summed E-state index contributed by atoms with van der Waals surface area (Å²) < 4.78 is 6.11. The molecule has 3 heteroatoms. The molecule has 21 heavy (non-hydrogen) atoms. The van der Waals surface area contributed by atoms with Crippen LogP contribution in [0.1, 0.15) is 50.7 Å². The van der Waals surface area contributed by atoms with Crippen molar-refractivity contribution in [1.82, 2.24) is 5.32 Å². The monoisotopic (exact) mass is 305 g/mol. The van der Waals surface area contributed by atoms with E-state index in [0.717, 1.165) is 34.8 Å². The number of nitrogens with one attached hydrogen (secondary N) is 1. The van der Waals surface area contributed by atoms with Crippen LogP contribution in [0.2, 0.25) is 5.02 Å². The number of furan rings is 1. The lowest BCUT2D eigenvalue weighted by Crippen LogP contribution is -2.29. The lowest BCUT2D eigenvalue weighted by Gasteiger charge is -2.30. The molecular weight excluding hydrogens is 282 g/mol. The van der Waals surface area contributed by atoms with Gasteiger partial charge in [-0.1, -0.05) is 31.4 Å². The molecule has 0 saturated heterocycles. The highest BCUT2D eigenvalue weighted by atomic mass is 35.5. The minimum absolute atomic E-state index is 0.550. The molecule has 1 heterocycles. The van der Waals surface area contributed by atoms with Gasteiger partial charge >= 0.3 is 0 Å². The third-order valence-corrected chi connectivity index (χ3v) is 4.84. The first-order valence-corrected chi connectivity index (χ1v) is 8.55. The second-order valence-corrected chi connectivity index (χ2v) is 6.62. The van der Waals surface area contributed by atoms with E-state index in [-0.39, 0.29) is 0 Å². The number of hydrogen-bond donors (Lipinski definition) is 1. The quantitative estimate of drug-likeness (QED) is 0.752. The number of rotatable bonds is 5. The minimum Gasteiger partial charge on any atom is -0.461 e. The Balaban J connectivity index is 1.80. The molecule has 0 spiro atoms. The molecule has 1 saturated carbocycles. The first-order valence-electron chi connectivity index (χ1n) is 8.17. The molecule has 114 valence electrons. The maximum absolute atomic E-state index is 6.11. The van der Waals surface area contributed by atoms with Crippen molar-refractivity contribution in [2.45, 2.75) is 44.9 Å². The van der Waals surface area contributed by atoms with Gasteiger partial charge in [0.1, 0.15) is 11.3 Å². The van der Waals surface area contributed by atoms with Crippen molar-refractivity contribution in [3.05, 3.63) is 35.0 Å². The van der Waals surface area contributed by atoms with Gasteiger partial charge in [0.25, 0.3) is 0 Å². The van der Waals surface area contributed by atoms with Gasteiger partial charge in [-0.05, 0) is 62.5 Å². The van der Waals surface area contributed by atoms with Crippen molar-refractivity contribution in [1.29, 1.82) is 0 Å². The van der Waals surface area contributed by atoms with Gasteiger partial charge in [-0.3, -0.25) is 0 Å². The summed E-state index contributed by atoms with van der Waals surface area (Å²) in [5.74, 6) is 2.39. The Morgan fingerprint density at radius 2 is 2.10 bits per heavy atom. The van der Waals surface area contributed by atoms with Crippen LogP contribution in [0.25, 0.3) is 11.0 Å². The SMILES string of the molecule is CCCNCC1CCCCC1c1cc2cc(Cl)ccc2o1. The maximum atomic E-state index is 6.11. The van der Waals surface area contributed by atoms with E-state index in [9.17, 15) is 0 Å². The van der Waals surface area contributed by atoms with E-state index in [1.807, 2.05) is 18.2 Å². The lowest BCUT2D eigenvalue weighted by atomic mass is 9.78. The van der Waals surface area contributed by atoms with Gasteiger partial charge in [-0.15, -0.1) is 0 Å². The summed E-state index contributed by atoms with van der Waals surface area (Å²) in [7, 11) is 0. The molecule has 1 aromatic heterocycles. The summed E-state index contributed by atoms with van der Waals surface area (Å²) in [5, 5.41) is 5.49. The largest absolute Gasteiger partial charge is 0.461 e. The molecule has 2 atom stereocenters. The number of fused-ring (bicyclic) bond motifs is 1. The predicted molar refractivity (Wildman–Crippen MR) is 89.1 cm³/mol. The van der Waals surface area contributed by atoms with Crippen molar-refractivity contribution in [2.75, 3.05) is 13.1 Å². The van der Waals surface area contributed by atoms with E-state index in [4.69, 9.17) is 16.0 Å². The summed E-state index contributed by atoms with van der Waals surface area (Å²) in [5.41, 5.74) is 0.959. The predicted octanol–water partition coefficient (Wildman–Crippen LogP) is 5.36. The molecule has 1 aliphatic carbocycles. The van der Waals surface area contributed by atoms with Crippen LogP contribution in [0.3, 0.4) is 0 Å². The van der Waals surface area contributed by atoms with Crippen molar-refractivity contribution >= 4 is 22.6 Å². The van der Waals surface area contributed by atoms with Crippen LogP contribution in [-0.4, -0.2) is 13.1 Å². The third kappa shape index (κ3) is 3.44. The number of benzene rings is 1. The molecule has 1 N–H and O–H groups in total. The summed E-state index contributed by atoms with van der Waals surface area (Å²) in [6.07, 6.45) is 6.40. The van der Waals surface area contributed by atoms with Gasteiger partial charge in [0, 0.05) is 16.3 Å². The smallest absolute Gasteiger partial charge is 0.134 e. The van der Waals surface area contributed by atoms with E-state index in [1.165, 1.54) is 32.1 Å². The molecular formula is C18H24ClNO. The Kier molecular flexibility index (Phi) is 4.87. The average molecular weight is 306 g/mol. The second-order valence-electron chi connectivity index (χ2n) is 6.19. The van der Waals surface area contributed by atoms with E-state index in [1.54, 1.807) is 0 Å². The zero-order valence-corrected chi connectivity index (χ0v) is 13.5. The molecule has 1 aliphatic rings. The molecule has 0 amide bonds. The zero-order valence-electron chi connectivity index (χ0n) is 12.7. The summed E-state index contributed by atoms with van der Waals surface area (Å²) in [6, 6.07) is 8.08. The van der Waals surface area contributed by atoms with E-state index >= 15 is 0 Å². The normalized spacial score (nSPS) is 22.8. The highest BCUT2D eigenvalue weighted by molar-refractivity contribution is 6.31. The van der Waals surface area contributed by atoms with E-state index in [0.29, 0.717) is 11.8 Å². The Bertz CT molecular complexity index is 592. The molecule has 2 nitrogen and oxygen atoms in total. The molecule has 0 aliphatic heterocycles.